The van der Waals surface area contributed by atoms with Crippen molar-refractivity contribution in [3.05, 3.63) is 90.3 Å². The Kier molecular flexibility index (Phi) is 8.93. The molecule has 3 aromatic carbocycles. The Morgan fingerprint density at radius 1 is 0.974 bits per heavy atom. The molecule has 0 bridgehead atoms. The van der Waals surface area contributed by atoms with Crippen molar-refractivity contribution in [1.82, 2.24) is 19.1 Å². The molecular formula is C27H29N5O3S3. The first-order chi connectivity index (χ1) is 18.1. The summed E-state index contributed by atoms with van der Waals surface area (Å²) in [5.74, 6) is 1.18. The number of para-hydroxylation sites is 1. The molecule has 0 aliphatic rings. The van der Waals surface area contributed by atoms with Crippen LogP contribution >= 0.6 is 23.5 Å². The van der Waals surface area contributed by atoms with E-state index >= 15 is 0 Å². The van der Waals surface area contributed by atoms with Crippen molar-refractivity contribution in [1.29, 1.82) is 0 Å². The Morgan fingerprint density at radius 2 is 1.63 bits per heavy atom. The van der Waals surface area contributed by atoms with Crippen LogP contribution in [0.4, 0.5) is 5.69 Å². The first-order valence-corrected chi connectivity index (χ1v) is 15.1. The van der Waals surface area contributed by atoms with E-state index in [9.17, 15) is 13.2 Å². The fraction of sp³-hybridized carbons (Fsp3) is 0.222. The van der Waals surface area contributed by atoms with E-state index in [4.69, 9.17) is 0 Å². The molecule has 0 spiro atoms. The molecule has 11 heteroatoms. The zero-order chi connectivity index (χ0) is 27.3. The van der Waals surface area contributed by atoms with Crippen LogP contribution < -0.4 is 5.32 Å². The standard InChI is InChI=1S/C27H29N5O3S3/c1-19-10-14-23(15-11-19)36-18-25-29-30-27(32(25)22-8-6-5-7-9-22)37-20(2)26(33)28-21-12-16-24(17-13-21)38(34,35)31(3)4/h5-17,20H,18H2,1-4H3,(H,28,33). The van der Waals surface area contributed by atoms with Gasteiger partial charge in [0, 0.05) is 30.4 Å². The molecular weight excluding hydrogens is 539 g/mol. The Bertz CT molecular complexity index is 1490. The third-order valence-corrected chi connectivity index (χ3v) is 9.54. The van der Waals surface area contributed by atoms with Gasteiger partial charge in [-0.3, -0.25) is 9.36 Å². The largest absolute Gasteiger partial charge is 0.325 e. The molecule has 1 aromatic heterocycles. The molecule has 1 amide bonds. The number of aromatic nitrogens is 3. The van der Waals surface area contributed by atoms with Gasteiger partial charge in [0.1, 0.15) is 5.82 Å². The molecule has 4 rings (SSSR count). The van der Waals surface area contributed by atoms with E-state index in [-0.39, 0.29) is 10.8 Å². The predicted octanol–water partition coefficient (Wildman–Crippen LogP) is 5.24. The number of carbonyl (C=O) groups excluding carboxylic acids is 1. The number of hydrogen-bond donors (Lipinski definition) is 1. The van der Waals surface area contributed by atoms with Crippen molar-refractivity contribution >= 4 is 45.1 Å². The van der Waals surface area contributed by atoms with Crippen LogP contribution in [-0.2, 0) is 20.6 Å². The average molecular weight is 568 g/mol. The summed E-state index contributed by atoms with van der Waals surface area (Å²) in [6.45, 7) is 3.86. The number of nitrogens with zero attached hydrogens (tertiary/aromatic N) is 4. The number of thioether (sulfide) groups is 2. The van der Waals surface area contributed by atoms with Gasteiger partial charge in [-0.05, 0) is 62.4 Å². The van der Waals surface area contributed by atoms with E-state index in [1.165, 1.54) is 43.6 Å². The van der Waals surface area contributed by atoms with Gasteiger partial charge in [0.15, 0.2) is 5.16 Å². The van der Waals surface area contributed by atoms with Gasteiger partial charge in [-0.25, -0.2) is 12.7 Å². The average Bonchev–Trinajstić information content (AvgIpc) is 3.31. The van der Waals surface area contributed by atoms with Crippen molar-refractivity contribution in [3.8, 4) is 5.69 Å². The van der Waals surface area contributed by atoms with Crippen LogP contribution in [-0.4, -0.2) is 52.7 Å². The monoisotopic (exact) mass is 567 g/mol. The van der Waals surface area contributed by atoms with Gasteiger partial charge >= 0.3 is 0 Å². The highest BCUT2D eigenvalue weighted by Gasteiger charge is 2.22. The summed E-state index contributed by atoms with van der Waals surface area (Å²) in [5, 5.41) is 11.9. The van der Waals surface area contributed by atoms with Crippen LogP contribution in [0.2, 0.25) is 0 Å². The molecule has 4 aromatic rings. The third kappa shape index (κ3) is 6.65. The Hall–Kier alpha value is -3.12. The second-order valence-electron chi connectivity index (χ2n) is 8.73. The van der Waals surface area contributed by atoms with Crippen LogP contribution in [0, 0.1) is 6.92 Å². The Balaban J connectivity index is 1.49. The minimum Gasteiger partial charge on any atom is -0.325 e. The minimum atomic E-state index is -3.54. The Labute approximate surface area is 231 Å². The number of benzene rings is 3. The van der Waals surface area contributed by atoms with Crippen molar-refractivity contribution < 1.29 is 13.2 Å². The topological polar surface area (TPSA) is 97.2 Å². The molecule has 1 atom stereocenters. The molecule has 0 saturated carbocycles. The van der Waals surface area contributed by atoms with Crippen molar-refractivity contribution in [3.63, 3.8) is 0 Å². The molecule has 0 aliphatic carbocycles. The normalized spacial score (nSPS) is 12.4. The lowest BCUT2D eigenvalue weighted by molar-refractivity contribution is -0.115. The first-order valence-electron chi connectivity index (χ1n) is 11.8. The van der Waals surface area contributed by atoms with Gasteiger partial charge in [-0.2, -0.15) is 0 Å². The lowest BCUT2D eigenvalue weighted by atomic mass is 10.2. The molecule has 0 aliphatic heterocycles. The van der Waals surface area contributed by atoms with E-state index in [0.29, 0.717) is 16.6 Å². The smallest absolute Gasteiger partial charge is 0.242 e. The molecule has 8 nitrogen and oxygen atoms in total. The van der Waals surface area contributed by atoms with Gasteiger partial charge < -0.3 is 5.32 Å². The Morgan fingerprint density at radius 3 is 2.26 bits per heavy atom. The highest BCUT2D eigenvalue weighted by molar-refractivity contribution is 8.00. The van der Waals surface area contributed by atoms with Crippen molar-refractivity contribution in [2.75, 3.05) is 19.4 Å². The summed E-state index contributed by atoms with van der Waals surface area (Å²) in [7, 11) is -0.582. The second-order valence-corrected chi connectivity index (χ2v) is 13.2. The van der Waals surface area contributed by atoms with Gasteiger partial charge in [-0.15, -0.1) is 22.0 Å². The molecule has 0 saturated heterocycles. The van der Waals surface area contributed by atoms with E-state index in [0.717, 1.165) is 20.7 Å². The van der Waals surface area contributed by atoms with E-state index in [1.54, 1.807) is 30.8 Å². The fourth-order valence-electron chi connectivity index (χ4n) is 3.47. The zero-order valence-corrected chi connectivity index (χ0v) is 24.0. The summed E-state index contributed by atoms with van der Waals surface area (Å²) < 4.78 is 27.7. The predicted molar refractivity (Wildman–Crippen MR) is 153 cm³/mol. The molecule has 38 heavy (non-hydrogen) atoms. The maximum Gasteiger partial charge on any atom is 0.242 e. The summed E-state index contributed by atoms with van der Waals surface area (Å²) >= 11 is 2.99. The van der Waals surface area contributed by atoms with Crippen molar-refractivity contribution in [2.45, 2.75) is 39.8 Å². The number of sulfonamides is 1. The third-order valence-electron chi connectivity index (χ3n) is 5.66. The zero-order valence-electron chi connectivity index (χ0n) is 21.5. The van der Waals surface area contributed by atoms with Crippen LogP contribution in [0.3, 0.4) is 0 Å². The van der Waals surface area contributed by atoms with Gasteiger partial charge in [0.05, 0.1) is 15.9 Å². The fourth-order valence-corrected chi connectivity index (χ4v) is 6.06. The lowest BCUT2D eigenvalue weighted by Crippen LogP contribution is -2.23. The minimum absolute atomic E-state index is 0.162. The number of hydrogen-bond acceptors (Lipinski definition) is 7. The van der Waals surface area contributed by atoms with Gasteiger partial charge in [0.25, 0.3) is 0 Å². The van der Waals surface area contributed by atoms with Crippen LogP contribution in [0.1, 0.15) is 18.3 Å². The lowest BCUT2D eigenvalue weighted by Gasteiger charge is -2.15. The molecule has 0 fully saturated rings. The second kappa shape index (κ2) is 12.2. The van der Waals surface area contributed by atoms with Crippen molar-refractivity contribution in [2.24, 2.45) is 0 Å². The maximum atomic E-state index is 13.0. The number of amides is 1. The number of anilines is 1. The molecule has 0 radical (unpaired) electrons. The SMILES string of the molecule is Cc1ccc(SCc2nnc(SC(C)C(=O)Nc3ccc(S(=O)(=O)N(C)C)cc3)n2-c2ccccc2)cc1. The highest BCUT2D eigenvalue weighted by Crippen LogP contribution is 2.30. The molecule has 1 N–H and O–H groups in total. The summed E-state index contributed by atoms with van der Waals surface area (Å²) in [6, 6.07) is 24.3. The first kappa shape index (κ1) is 27.9. The van der Waals surface area contributed by atoms with E-state index in [2.05, 4.69) is 46.7 Å². The van der Waals surface area contributed by atoms with Crippen LogP contribution in [0.5, 0.6) is 0 Å². The number of rotatable bonds is 10. The maximum absolute atomic E-state index is 13.0. The molecule has 1 unspecified atom stereocenters. The quantitative estimate of drug-likeness (QED) is 0.262. The van der Waals surface area contributed by atoms with E-state index in [1.807, 2.05) is 34.9 Å². The highest BCUT2D eigenvalue weighted by atomic mass is 32.2. The summed E-state index contributed by atoms with van der Waals surface area (Å²) in [4.78, 5) is 14.3. The molecule has 1 heterocycles. The number of nitrogens with one attached hydrogen (secondary N) is 1. The number of carbonyl (C=O) groups is 1. The summed E-state index contributed by atoms with van der Waals surface area (Å²) in [6.07, 6.45) is 0. The van der Waals surface area contributed by atoms with E-state index < -0.39 is 15.3 Å². The van der Waals surface area contributed by atoms with Gasteiger partial charge in [0.2, 0.25) is 15.9 Å². The van der Waals surface area contributed by atoms with Crippen LogP contribution in [0.25, 0.3) is 5.69 Å². The molecule has 198 valence electrons. The summed E-state index contributed by atoms with van der Waals surface area (Å²) in [5.41, 5.74) is 2.65. The van der Waals surface area contributed by atoms with Gasteiger partial charge in [-0.1, -0.05) is 47.7 Å². The van der Waals surface area contributed by atoms with Crippen LogP contribution in [0.15, 0.2) is 93.8 Å². The number of aryl methyl sites for hydroxylation is 1.